The molecular weight excluding hydrogens is 266 g/mol. The largest absolute Gasteiger partial charge is 0.482 e. The van der Waals surface area contributed by atoms with E-state index in [1.807, 2.05) is 18.2 Å². The number of likely N-dealkylation sites (N-methyl/N-ethyl adjacent to an activating group) is 1. The lowest BCUT2D eigenvalue weighted by Gasteiger charge is -2.31. The van der Waals surface area contributed by atoms with Crippen molar-refractivity contribution in [3.05, 3.63) is 36.4 Å². The molecule has 0 aromatic heterocycles. The highest BCUT2D eigenvalue weighted by Gasteiger charge is 2.41. The highest BCUT2D eigenvalue weighted by Crippen LogP contribution is 2.46. The van der Waals surface area contributed by atoms with Gasteiger partial charge in [-0.1, -0.05) is 12.1 Å². The van der Waals surface area contributed by atoms with E-state index in [4.69, 9.17) is 4.74 Å². The highest BCUT2D eigenvalue weighted by molar-refractivity contribution is 5.97. The number of carbonyl (C=O) groups is 1. The van der Waals surface area contributed by atoms with Crippen LogP contribution in [0.5, 0.6) is 5.75 Å². The Morgan fingerprint density at radius 3 is 3.14 bits per heavy atom. The molecule has 1 aromatic carbocycles. The minimum absolute atomic E-state index is 0.0487. The molecule has 1 fully saturated rings. The van der Waals surface area contributed by atoms with Crippen molar-refractivity contribution < 1.29 is 14.6 Å². The predicted octanol–water partition coefficient (Wildman–Crippen LogP) is 2.62. The molecule has 1 saturated carbocycles. The number of benzene rings is 1. The van der Waals surface area contributed by atoms with Crippen LogP contribution < -0.4 is 9.64 Å². The maximum Gasteiger partial charge on any atom is 0.264 e. The molecule has 0 bridgehead atoms. The summed E-state index contributed by atoms with van der Waals surface area (Å²) in [5.74, 6) is 0.768. The highest BCUT2D eigenvalue weighted by atomic mass is 16.5. The van der Waals surface area contributed by atoms with Crippen molar-refractivity contribution >= 4 is 11.6 Å². The molecule has 0 saturated heterocycles. The molecule has 0 radical (unpaired) electrons. The summed E-state index contributed by atoms with van der Waals surface area (Å²) in [4.78, 5) is 13.4. The molecule has 1 amide bonds. The van der Waals surface area contributed by atoms with E-state index in [2.05, 4.69) is 6.58 Å². The fourth-order valence-corrected chi connectivity index (χ4v) is 3.53. The monoisotopic (exact) mass is 287 g/mol. The summed E-state index contributed by atoms with van der Waals surface area (Å²) >= 11 is 0. The lowest BCUT2D eigenvalue weighted by atomic mass is 9.82. The summed E-state index contributed by atoms with van der Waals surface area (Å²) in [5, 5.41) is 10.8. The van der Waals surface area contributed by atoms with Crippen LogP contribution in [0.3, 0.4) is 0 Å². The summed E-state index contributed by atoms with van der Waals surface area (Å²) in [7, 11) is 1.76. The third-order valence-electron chi connectivity index (χ3n) is 4.72. The Kier molecular flexibility index (Phi) is 3.49. The van der Waals surface area contributed by atoms with Crippen molar-refractivity contribution in [1.29, 1.82) is 0 Å². The Morgan fingerprint density at radius 2 is 2.38 bits per heavy atom. The van der Waals surface area contributed by atoms with E-state index in [0.717, 1.165) is 36.3 Å². The van der Waals surface area contributed by atoms with Crippen molar-refractivity contribution in [3.8, 4) is 5.75 Å². The third-order valence-corrected chi connectivity index (χ3v) is 4.72. The van der Waals surface area contributed by atoms with Gasteiger partial charge in [0.05, 0.1) is 11.3 Å². The summed E-state index contributed by atoms with van der Waals surface area (Å²) in [5.41, 5.74) is 1.14. The molecule has 21 heavy (non-hydrogen) atoms. The molecule has 3 rings (SSSR count). The zero-order valence-electron chi connectivity index (χ0n) is 12.3. The number of hydrogen-bond donors (Lipinski definition) is 1. The number of rotatable bonds is 3. The van der Waals surface area contributed by atoms with Gasteiger partial charge in [0.25, 0.3) is 5.91 Å². The quantitative estimate of drug-likeness (QED) is 0.869. The van der Waals surface area contributed by atoms with Crippen molar-refractivity contribution in [2.75, 3.05) is 18.6 Å². The van der Waals surface area contributed by atoms with Crippen LogP contribution in [0.1, 0.15) is 37.2 Å². The van der Waals surface area contributed by atoms with Gasteiger partial charge in [0.2, 0.25) is 0 Å². The number of nitrogens with zero attached hydrogens (tertiary/aromatic N) is 1. The van der Waals surface area contributed by atoms with Gasteiger partial charge >= 0.3 is 0 Å². The lowest BCUT2D eigenvalue weighted by Crippen LogP contribution is -2.36. The minimum Gasteiger partial charge on any atom is -0.482 e. The second kappa shape index (κ2) is 5.19. The number of carbonyl (C=O) groups excluding carboxylic acids is 1. The first-order valence-electron chi connectivity index (χ1n) is 7.42. The Morgan fingerprint density at radius 1 is 1.57 bits per heavy atom. The second-order valence-electron chi connectivity index (χ2n) is 6.01. The van der Waals surface area contributed by atoms with Gasteiger partial charge in [0.15, 0.2) is 6.61 Å². The van der Waals surface area contributed by atoms with Crippen LogP contribution in [0.25, 0.3) is 0 Å². The van der Waals surface area contributed by atoms with Crippen molar-refractivity contribution in [2.24, 2.45) is 0 Å². The Balaban J connectivity index is 1.97. The molecule has 2 atom stereocenters. The first-order chi connectivity index (χ1) is 10.0. The summed E-state index contributed by atoms with van der Waals surface area (Å²) in [6, 6.07) is 5.89. The van der Waals surface area contributed by atoms with Gasteiger partial charge in [-0.25, -0.2) is 0 Å². The van der Waals surface area contributed by atoms with Crippen molar-refractivity contribution in [3.63, 3.8) is 0 Å². The smallest absolute Gasteiger partial charge is 0.264 e. The Labute approximate surface area is 125 Å². The van der Waals surface area contributed by atoms with E-state index >= 15 is 0 Å². The van der Waals surface area contributed by atoms with Gasteiger partial charge in [-0.2, -0.15) is 0 Å². The van der Waals surface area contributed by atoms with Gasteiger partial charge < -0.3 is 14.7 Å². The summed E-state index contributed by atoms with van der Waals surface area (Å²) in [6.07, 6.45) is 5.15. The Hall–Kier alpha value is -1.81. The topological polar surface area (TPSA) is 49.8 Å². The molecule has 2 aliphatic rings. The normalized spacial score (nSPS) is 28.2. The molecule has 0 spiro atoms. The minimum atomic E-state index is -0.714. The van der Waals surface area contributed by atoms with Crippen molar-refractivity contribution in [2.45, 2.75) is 37.2 Å². The third kappa shape index (κ3) is 2.33. The second-order valence-corrected chi connectivity index (χ2v) is 6.01. The van der Waals surface area contributed by atoms with Gasteiger partial charge in [0.1, 0.15) is 5.75 Å². The molecule has 0 unspecified atom stereocenters. The van der Waals surface area contributed by atoms with Crippen LogP contribution in [0.4, 0.5) is 5.69 Å². The summed E-state index contributed by atoms with van der Waals surface area (Å²) < 4.78 is 5.45. The zero-order chi connectivity index (χ0) is 15.0. The average Bonchev–Trinajstić information content (AvgIpc) is 2.85. The number of amides is 1. The molecular formula is C17H21NO3. The predicted molar refractivity (Wildman–Crippen MR) is 81.7 cm³/mol. The van der Waals surface area contributed by atoms with Gasteiger partial charge in [0, 0.05) is 13.0 Å². The van der Waals surface area contributed by atoms with E-state index in [9.17, 15) is 9.90 Å². The van der Waals surface area contributed by atoms with Crippen LogP contribution in [0.2, 0.25) is 0 Å². The van der Waals surface area contributed by atoms with Gasteiger partial charge in [-0.15, -0.1) is 6.58 Å². The molecule has 4 heteroatoms. The molecule has 1 aliphatic heterocycles. The van der Waals surface area contributed by atoms with E-state index < -0.39 is 5.60 Å². The van der Waals surface area contributed by atoms with E-state index in [-0.39, 0.29) is 18.4 Å². The van der Waals surface area contributed by atoms with Crippen LogP contribution in [0.15, 0.2) is 30.9 Å². The molecule has 1 heterocycles. The molecule has 112 valence electrons. The molecule has 1 aromatic rings. The van der Waals surface area contributed by atoms with E-state index in [0.29, 0.717) is 6.42 Å². The van der Waals surface area contributed by atoms with Gasteiger partial charge in [-0.3, -0.25) is 4.79 Å². The molecule has 4 nitrogen and oxygen atoms in total. The number of aliphatic hydroxyl groups is 1. The van der Waals surface area contributed by atoms with E-state index in [1.54, 1.807) is 18.0 Å². The maximum absolute atomic E-state index is 11.8. The molecule has 1 N–H and O–H groups in total. The van der Waals surface area contributed by atoms with Crippen LogP contribution >= 0.6 is 0 Å². The SMILES string of the molecule is C=CC[C@@]1(O)CCC[C@@H]1c1ccc2c(c1)N(C)C(=O)CO2. The number of ether oxygens (including phenoxy) is 1. The zero-order valence-corrected chi connectivity index (χ0v) is 12.3. The van der Waals surface area contributed by atoms with Crippen LogP contribution in [-0.4, -0.2) is 30.3 Å². The number of fused-ring (bicyclic) bond motifs is 1. The lowest BCUT2D eigenvalue weighted by molar-refractivity contribution is -0.120. The fourth-order valence-electron chi connectivity index (χ4n) is 3.53. The van der Waals surface area contributed by atoms with Crippen LogP contribution in [0, 0.1) is 0 Å². The van der Waals surface area contributed by atoms with E-state index in [1.165, 1.54) is 0 Å². The van der Waals surface area contributed by atoms with Crippen molar-refractivity contribution in [1.82, 2.24) is 0 Å². The average molecular weight is 287 g/mol. The standard InChI is InChI=1S/C17H21NO3/c1-3-8-17(20)9-4-5-13(17)12-6-7-15-14(10-12)18(2)16(19)11-21-15/h3,6-7,10,13,20H,1,4-5,8-9,11H2,2H3/t13-,17-/m1/s1. The maximum atomic E-state index is 11.8. The first-order valence-corrected chi connectivity index (χ1v) is 7.42. The fraction of sp³-hybridized carbons (Fsp3) is 0.471. The van der Waals surface area contributed by atoms with Crippen LogP contribution in [-0.2, 0) is 4.79 Å². The molecule has 1 aliphatic carbocycles. The summed E-state index contributed by atoms with van der Waals surface area (Å²) in [6.45, 7) is 3.85. The van der Waals surface area contributed by atoms with Gasteiger partial charge in [-0.05, 0) is 43.4 Å². The first kappa shape index (κ1) is 14.1. The number of hydrogen-bond acceptors (Lipinski definition) is 3. The number of anilines is 1. The Bertz CT molecular complexity index is 583.